The molecule has 0 bridgehead atoms. The third-order valence-corrected chi connectivity index (χ3v) is 5.82. The minimum Gasteiger partial charge on any atom is -0.353 e. The van der Waals surface area contributed by atoms with E-state index in [0.29, 0.717) is 26.2 Å². The number of halogens is 3. The summed E-state index contributed by atoms with van der Waals surface area (Å²) < 4.78 is 40.5. The van der Waals surface area contributed by atoms with Crippen molar-refractivity contribution in [2.45, 2.75) is 19.6 Å². The van der Waals surface area contributed by atoms with E-state index in [1.807, 2.05) is 11.8 Å². The molecule has 4 heterocycles. The van der Waals surface area contributed by atoms with Gasteiger partial charge in [-0.3, -0.25) is 9.88 Å². The Balaban J connectivity index is 1.47. The first kappa shape index (κ1) is 18.1. The second-order valence-electron chi connectivity index (χ2n) is 6.57. The molecule has 1 fully saturated rings. The van der Waals surface area contributed by atoms with Gasteiger partial charge in [-0.1, -0.05) is 6.07 Å². The van der Waals surface area contributed by atoms with Crippen LogP contribution in [0.3, 0.4) is 0 Å². The Morgan fingerprint density at radius 1 is 1.11 bits per heavy atom. The number of anilines is 1. The fraction of sp³-hybridized carbons (Fsp3) is 0.389. The van der Waals surface area contributed by atoms with Crippen molar-refractivity contribution < 1.29 is 13.2 Å². The van der Waals surface area contributed by atoms with Crippen LogP contribution in [0.15, 0.2) is 30.0 Å². The van der Waals surface area contributed by atoms with Gasteiger partial charge < -0.3 is 4.90 Å². The van der Waals surface area contributed by atoms with Gasteiger partial charge in [-0.15, -0.1) is 11.3 Å². The van der Waals surface area contributed by atoms with Gasteiger partial charge in [-0.05, 0) is 29.5 Å². The Hall–Kier alpha value is -2.26. The number of thiophene rings is 1. The van der Waals surface area contributed by atoms with E-state index < -0.39 is 11.9 Å². The summed E-state index contributed by atoms with van der Waals surface area (Å²) in [4.78, 5) is 16.5. The van der Waals surface area contributed by atoms with Crippen molar-refractivity contribution in [1.82, 2.24) is 19.9 Å². The largest absolute Gasteiger partial charge is 0.433 e. The van der Waals surface area contributed by atoms with Crippen LogP contribution in [-0.4, -0.2) is 46.0 Å². The Kier molecular flexibility index (Phi) is 4.73. The van der Waals surface area contributed by atoms with Gasteiger partial charge in [0.1, 0.15) is 17.8 Å². The number of pyridine rings is 1. The van der Waals surface area contributed by atoms with E-state index in [9.17, 15) is 13.2 Å². The Bertz CT molecular complexity index is 948. The molecular formula is C18H18F3N5S. The second kappa shape index (κ2) is 7.05. The summed E-state index contributed by atoms with van der Waals surface area (Å²) in [6, 6.07) is 3.06. The number of aryl methyl sites for hydroxylation is 1. The molecule has 0 atom stereocenters. The number of fused-ring (bicyclic) bond motifs is 1. The quantitative estimate of drug-likeness (QED) is 0.678. The molecule has 0 saturated carbocycles. The van der Waals surface area contributed by atoms with Gasteiger partial charge in [0, 0.05) is 38.9 Å². The van der Waals surface area contributed by atoms with Crippen molar-refractivity contribution in [3.8, 4) is 0 Å². The number of aromatic nitrogens is 3. The average molecular weight is 393 g/mol. The molecular weight excluding hydrogens is 375 g/mol. The van der Waals surface area contributed by atoms with Gasteiger partial charge >= 0.3 is 6.18 Å². The summed E-state index contributed by atoms with van der Waals surface area (Å²) in [5.41, 5.74) is 1.53. The van der Waals surface area contributed by atoms with E-state index in [1.165, 1.54) is 12.3 Å². The summed E-state index contributed by atoms with van der Waals surface area (Å²) in [7, 11) is 0. The highest BCUT2D eigenvalue weighted by Crippen LogP contribution is 2.32. The Labute approximate surface area is 158 Å². The first-order valence-electron chi connectivity index (χ1n) is 8.60. The van der Waals surface area contributed by atoms with Crippen molar-refractivity contribution in [2.75, 3.05) is 31.1 Å². The van der Waals surface area contributed by atoms with Crippen molar-refractivity contribution in [2.24, 2.45) is 0 Å². The number of alkyl halides is 3. The summed E-state index contributed by atoms with van der Waals surface area (Å²) in [5, 5.41) is 2.07. The highest BCUT2D eigenvalue weighted by molar-refractivity contribution is 7.18. The SMILES string of the molecule is Cc1csc2c(N3CCN(Cc4cccnc4C(F)(F)F)CC3)ncnc12. The van der Waals surface area contributed by atoms with Crippen LogP contribution in [0.5, 0.6) is 0 Å². The highest BCUT2D eigenvalue weighted by Gasteiger charge is 2.35. The second-order valence-corrected chi connectivity index (χ2v) is 7.45. The van der Waals surface area contributed by atoms with Crippen LogP contribution in [0, 0.1) is 6.92 Å². The van der Waals surface area contributed by atoms with E-state index in [1.54, 1.807) is 23.7 Å². The maximum atomic E-state index is 13.1. The molecule has 0 radical (unpaired) electrons. The minimum absolute atomic E-state index is 0.219. The van der Waals surface area contributed by atoms with Crippen LogP contribution in [0.2, 0.25) is 0 Å². The third-order valence-electron chi connectivity index (χ3n) is 4.74. The van der Waals surface area contributed by atoms with Crippen LogP contribution in [0.25, 0.3) is 10.2 Å². The molecule has 0 N–H and O–H groups in total. The van der Waals surface area contributed by atoms with Gasteiger partial charge in [-0.2, -0.15) is 13.2 Å². The third kappa shape index (κ3) is 3.61. The van der Waals surface area contributed by atoms with Crippen LogP contribution >= 0.6 is 11.3 Å². The van der Waals surface area contributed by atoms with E-state index >= 15 is 0 Å². The lowest BCUT2D eigenvalue weighted by Gasteiger charge is -2.35. The molecule has 3 aromatic rings. The molecule has 4 rings (SSSR count). The normalized spacial score (nSPS) is 16.2. The van der Waals surface area contributed by atoms with Crippen LogP contribution in [-0.2, 0) is 12.7 Å². The van der Waals surface area contributed by atoms with Crippen molar-refractivity contribution in [1.29, 1.82) is 0 Å². The van der Waals surface area contributed by atoms with Crippen LogP contribution in [0.1, 0.15) is 16.8 Å². The van der Waals surface area contributed by atoms with E-state index in [2.05, 4.69) is 25.2 Å². The zero-order valence-corrected chi connectivity index (χ0v) is 15.5. The zero-order chi connectivity index (χ0) is 19.0. The van der Waals surface area contributed by atoms with Gasteiger partial charge in [0.15, 0.2) is 0 Å². The lowest BCUT2D eigenvalue weighted by molar-refractivity contribution is -0.142. The molecule has 0 aromatic carbocycles. The smallest absolute Gasteiger partial charge is 0.353 e. The molecule has 1 aliphatic rings. The molecule has 0 spiro atoms. The van der Waals surface area contributed by atoms with Gasteiger partial charge in [0.25, 0.3) is 0 Å². The fourth-order valence-electron chi connectivity index (χ4n) is 3.36. The molecule has 142 valence electrons. The number of rotatable bonds is 3. The summed E-state index contributed by atoms with van der Waals surface area (Å²) in [6.45, 7) is 5.03. The minimum atomic E-state index is -4.43. The summed E-state index contributed by atoms with van der Waals surface area (Å²) in [5.74, 6) is 0.912. The molecule has 5 nitrogen and oxygen atoms in total. The standard InChI is InChI=1S/C18H18F3N5S/c1-12-10-27-15-14(12)23-11-24-17(15)26-7-5-25(6-8-26)9-13-3-2-4-22-16(13)18(19,20)21/h2-4,10-11H,5-9H2,1H3. The number of piperazine rings is 1. The average Bonchev–Trinajstić information content (AvgIpc) is 3.03. The molecule has 0 aliphatic carbocycles. The van der Waals surface area contributed by atoms with Crippen molar-refractivity contribution in [3.63, 3.8) is 0 Å². The maximum absolute atomic E-state index is 13.1. The molecule has 0 amide bonds. The Morgan fingerprint density at radius 2 is 1.89 bits per heavy atom. The summed E-state index contributed by atoms with van der Waals surface area (Å²) >= 11 is 1.63. The monoisotopic (exact) mass is 393 g/mol. The molecule has 9 heteroatoms. The van der Waals surface area contributed by atoms with Gasteiger partial charge in [-0.25, -0.2) is 9.97 Å². The lowest BCUT2D eigenvalue weighted by Crippen LogP contribution is -2.46. The fourth-order valence-corrected chi connectivity index (χ4v) is 4.38. The predicted molar refractivity (Wildman–Crippen MR) is 98.9 cm³/mol. The molecule has 1 saturated heterocycles. The summed E-state index contributed by atoms with van der Waals surface area (Å²) in [6.07, 6.45) is -1.66. The molecule has 1 aliphatic heterocycles. The number of hydrogen-bond acceptors (Lipinski definition) is 6. The first-order valence-corrected chi connectivity index (χ1v) is 9.48. The van der Waals surface area contributed by atoms with Crippen molar-refractivity contribution in [3.05, 3.63) is 46.9 Å². The molecule has 27 heavy (non-hydrogen) atoms. The zero-order valence-electron chi connectivity index (χ0n) is 14.7. The van der Waals surface area contributed by atoms with E-state index in [4.69, 9.17) is 0 Å². The maximum Gasteiger partial charge on any atom is 0.433 e. The predicted octanol–water partition coefficient (Wildman–Crippen LogP) is 3.74. The van der Waals surface area contributed by atoms with Gasteiger partial charge in [0.2, 0.25) is 0 Å². The van der Waals surface area contributed by atoms with Gasteiger partial charge in [0.05, 0.1) is 10.2 Å². The number of nitrogens with zero attached hydrogens (tertiary/aromatic N) is 5. The Morgan fingerprint density at radius 3 is 2.63 bits per heavy atom. The molecule has 3 aromatic heterocycles. The van der Waals surface area contributed by atoms with Crippen LogP contribution in [0.4, 0.5) is 19.0 Å². The molecule has 0 unspecified atom stereocenters. The van der Waals surface area contributed by atoms with Crippen molar-refractivity contribution >= 4 is 27.4 Å². The first-order chi connectivity index (χ1) is 12.9. The van der Waals surface area contributed by atoms with E-state index in [-0.39, 0.29) is 12.1 Å². The topological polar surface area (TPSA) is 45.2 Å². The highest BCUT2D eigenvalue weighted by atomic mass is 32.1. The van der Waals surface area contributed by atoms with E-state index in [0.717, 1.165) is 21.6 Å². The lowest BCUT2D eigenvalue weighted by atomic mass is 10.1. The number of hydrogen-bond donors (Lipinski definition) is 0. The van der Waals surface area contributed by atoms with Crippen LogP contribution < -0.4 is 4.90 Å².